The Kier molecular flexibility index (Phi) is 7.40. The summed E-state index contributed by atoms with van der Waals surface area (Å²) < 4.78 is 3.46. The Morgan fingerprint density at radius 2 is 2.03 bits per heavy atom. The number of nitrogens with zero attached hydrogens (tertiary/aromatic N) is 5. The van der Waals surface area contributed by atoms with E-state index in [2.05, 4.69) is 56.0 Å². The van der Waals surface area contributed by atoms with E-state index in [0.717, 1.165) is 70.2 Å². The van der Waals surface area contributed by atoms with Gasteiger partial charge in [0.2, 0.25) is 0 Å². The summed E-state index contributed by atoms with van der Waals surface area (Å²) in [6.45, 7) is 5.24. The molecular formula is C23H35N7O. The van der Waals surface area contributed by atoms with Crippen LogP contribution in [-0.4, -0.2) is 57.9 Å². The third-order valence-electron chi connectivity index (χ3n) is 6.33. The van der Waals surface area contributed by atoms with Crippen LogP contribution >= 0.6 is 0 Å². The number of hydrogen-bond acceptors (Lipinski definition) is 4. The summed E-state index contributed by atoms with van der Waals surface area (Å²) in [6, 6.07) is 11.2. The Hall–Kier alpha value is -2.61. The molecule has 1 aromatic heterocycles. The minimum Gasteiger partial charge on any atom is -0.356 e. The minimum absolute atomic E-state index is 0.0388. The maximum atomic E-state index is 12.4. The standard InChI is InChI=1S/C23H35N7O/c1-24-22(25-13-8-16-30-23(31)29-15-6-5-12-21(29)27-30)26-17-20-11-7-14-28(20)18-19-9-3-2-4-10-19/h2-4,9-10,20H,5-8,11-18H2,1H3,(H2,24,25,26). The van der Waals surface area contributed by atoms with Crippen LogP contribution in [0.2, 0.25) is 0 Å². The van der Waals surface area contributed by atoms with Gasteiger partial charge in [-0.1, -0.05) is 30.3 Å². The first kappa shape index (κ1) is 21.6. The molecule has 1 unspecified atom stereocenters. The molecule has 4 rings (SSSR count). The molecule has 2 aliphatic heterocycles. The highest BCUT2D eigenvalue weighted by molar-refractivity contribution is 5.79. The van der Waals surface area contributed by atoms with Gasteiger partial charge in [-0.25, -0.2) is 9.48 Å². The molecule has 31 heavy (non-hydrogen) atoms. The second kappa shape index (κ2) is 10.6. The highest BCUT2D eigenvalue weighted by Gasteiger charge is 2.24. The topological polar surface area (TPSA) is 79.5 Å². The Balaban J connectivity index is 1.19. The van der Waals surface area contributed by atoms with Gasteiger partial charge >= 0.3 is 5.69 Å². The lowest BCUT2D eigenvalue weighted by molar-refractivity contribution is 0.245. The third-order valence-corrected chi connectivity index (χ3v) is 6.33. The molecule has 0 spiro atoms. The van der Waals surface area contributed by atoms with Gasteiger partial charge in [-0.15, -0.1) is 0 Å². The van der Waals surface area contributed by atoms with Crippen molar-refractivity contribution < 1.29 is 0 Å². The molecule has 0 bridgehead atoms. The third kappa shape index (κ3) is 5.55. The largest absolute Gasteiger partial charge is 0.356 e. The lowest BCUT2D eigenvalue weighted by atomic mass is 10.2. The van der Waals surface area contributed by atoms with Crippen LogP contribution in [0.3, 0.4) is 0 Å². The van der Waals surface area contributed by atoms with Crippen LogP contribution in [0.5, 0.6) is 0 Å². The number of aromatic nitrogens is 3. The van der Waals surface area contributed by atoms with Gasteiger partial charge in [0.1, 0.15) is 5.82 Å². The van der Waals surface area contributed by atoms with Crippen molar-refractivity contribution in [1.29, 1.82) is 0 Å². The normalized spacial score (nSPS) is 19.4. The summed E-state index contributed by atoms with van der Waals surface area (Å²) in [5.41, 5.74) is 1.41. The summed E-state index contributed by atoms with van der Waals surface area (Å²) in [4.78, 5) is 19.3. The average Bonchev–Trinajstić information content (AvgIpc) is 3.38. The number of hydrogen-bond donors (Lipinski definition) is 2. The van der Waals surface area contributed by atoms with E-state index < -0.39 is 0 Å². The smallest absolute Gasteiger partial charge is 0.345 e. The second-order valence-electron chi connectivity index (χ2n) is 8.52. The van der Waals surface area contributed by atoms with Gasteiger partial charge in [-0.2, -0.15) is 5.10 Å². The molecule has 1 fully saturated rings. The molecule has 2 aromatic rings. The molecule has 2 aliphatic rings. The lowest BCUT2D eigenvalue weighted by Gasteiger charge is -2.25. The molecule has 3 heterocycles. The van der Waals surface area contributed by atoms with Crippen molar-refractivity contribution in [2.45, 2.75) is 64.2 Å². The van der Waals surface area contributed by atoms with E-state index in [1.165, 1.54) is 18.4 Å². The van der Waals surface area contributed by atoms with E-state index in [0.29, 0.717) is 12.6 Å². The number of benzene rings is 1. The van der Waals surface area contributed by atoms with Crippen molar-refractivity contribution in [2.75, 3.05) is 26.7 Å². The van der Waals surface area contributed by atoms with Crippen LogP contribution in [0.25, 0.3) is 0 Å². The minimum atomic E-state index is 0.0388. The molecule has 1 aromatic carbocycles. The van der Waals surface area contributed by atoms with Gasteiger partial charge in [-0.3, -0.25) is 14.5 Å². The molecule has 0 saturated carbocycles. The molecule has 0 radical (unpaired) electrons. The number of aryl methyl sites for hydroxylation is 2. The number of aliphatic imine (C=N–C) groups is 1. The fourth-order valence-corrected chi connectivity index (χ4v) is 4.62. The van der Waals surface area contributed by atoms with E-state index in [9.17, 15) is 4.79 Å². The van der Waals surface area contributed by atoms with Gasteiger partial charge in [-0.05, 0) is 44.2 Å². The first-order chi connectivity index (χ1) is 15.2. The summed E-state index contributed by atoms with van der Waals surface area (Å²) in [6.07, 6.45) is 6.41. The van der Waals surface area contributed by atoms with Crippen molar-refractivity contribution >= 4 is 5.96 Å². The van der Waals surface area contributed by atoms with Crippen LogP contribution in [0, 0.1) is 0 Å². The van der Waals surface area contributed by atoms with Gasteiger partial charge in [0.15, 0.2) is 5.96 Å². The van der Waals surface area contributed by atoms with Crippen molar-refractivity contribution in [2.24, 2.45) is 4.99 Å². The summed E-state index contributed by atoms with van der Waals surface area (Å²) in [7, 11) is 1.81. The van der Waals surface area contributed by atoms with Crippen molar-refractivity contribution in [1.82, 2.24) is 29.9 Å². The fourth-order valence-electron chi connectivity index (χ4n) is 4.62. The predicted octanol–water partition coefficient (Wildman–Crippen LogP) is 1.60. The maximum Gasteiger partial charge on any atom is 0.345 e. The number of rotatable bonds is 8. The zero-order valence-electron chi connectivity index (χ0n) is 18.6. The van der Waals surface area contributed by atoms with Gasteiger partial charge < -0.3 is 10.6 Å². The number of nitrogens with one attached hydrogen (secondary N) is 2. The molecule has 1 saturated heterocycles. The molecule has 8 heteroatoms. The Labute approximate surface area is 184 Å². The quantitative estimate of drug-likeness (QED) is 0.382. The number of guanidine groups is 1. The zero-order chi connectivity index (χ0) is 21.5. The Morgan fingerprint density at radius 1 is 1.16 bits per heavy atom. The van der Waals surface area contributed by atoms with Crippen LogP contribution < -0.4 is 16.3 Å². The van der Waals surface area contributed by atoms with Gasteiger partial charge in [0.25, 0.3) is 0 Å². The zero-order valence-corrected chi connectivity index (χ0v) is 18.6. The average molecular weight is 426 g/mol. The van der Waals surface area contributed by atoms with E-state index in [4.69, 9.17) is 0 Å². The highest BCUT2D eigenvalue weighted by Crippen LogP contribution is 2.19. The molecular weight excluding hydrogens is 390 g/mol. The van der Waals surface area contributed by atoms with Crippen molar-refractivity contribution in [3.8, 4) is 0 Å². The summed E-state index contributed by atoms with van der Waals surface area (Å²) in [5, 5.41) is 11.4. The van der Waals surface area contributed by atoms with Crippen LogP contribution in [-0.2, 0) is 26.1 Å². The number of fused-ring (bicyclic) bond motifs is 1. The maximum absolute atomic E-state index is 12.4. The predicted molar refractivity (Wildman–Crippen MR) is 123 cm³/mol. The van der Waals surface area contributed by atoms with Crippen molar-refractivity contribution in [3.63, 3.8) is 0 Å². The summed E-state index contributed by atoms with van der Waals surface area (Å²) in [5.74, 6) is 1.77. The highest BCUT2D eigenvalue weighted by atomic mass is 16.2. The Bertz CT molecular complexity index is 918. The second-order valence-corrected chi connectivity index (χ2v) is 8.52. The summed E-state index contributed by atoms with van der Waals surface area (Å²) >= 11 is 0. The number of likely N-dealkylation sites (tertiary alicyclic amines) is 1. The van der Waals surface area contributed by atoms with Crippen LogP contribution in [0.1, 0.15) is 43.5 Å². The van der Waals surface area contributed by atoms with E-state index in [1.807, 2.05) is 4.57 Å². The fraction of sp³-hybridized carbons (Fsp3) is 0.609. The van der Waals surface area contributed by atoms with Crippen LogP contribution in [0.15, 0.2) is 40.1 Å². The molecule has 168 valence electrons. The first-order valence-corrected chi connectivity index (χ1v) is 11.6. The SMILES string of the molecule is CN=C(NCCCn1nc2n(c1=O)CCCC2)NCC1CCCN1Cc1ccccc1. The van der Waals surface area contributed by atoms with E-state index >= 15 is 0 Å². The molecule has 0 aliphatic carbocycles. The molecule has 0 amide bonds. The monoisotopic (exact) mass is 425 g/mol. The van der Waals surface area contributed by atoms with E-state index in [-0.39, 0.29) is 5.69 Å². The van der Waals surface area contributed by atoms with E-state index in [1.54, 1.807) is 11.7 Å². The van der Waals surface area contributed by atoms with Gasteiger partial charge in [0, 0.05) is 52.2 Å². The molecule has 1 atom stereocenters. The first-order valence-electron chi connectivity index (χ1n) is 11.6. The molecule has 2 N–H and O–H groups in total. The van der Waals surface area contributed by atoms with Crippen molar-refractivity contribution in [3.05, 3.63) is 52.2 Å². The van der Waals surface area contributed by atoms with Crippen LogP contribution in [0.4, 0.5) is 0 Å². The Morgan fingerprint density at radius 3 is 2.84 bits per heavy atom. The molecule has 8 nitrogen and oxygen atoms in total. The van der Waals surface area contributed by atoms with Gasteiger partial charge in [0.05, 0.1) is 0 Å². The lowest BCUT2D eigenvalue weighted by Crippen LogP contribution is -2.45.